The van der Waals surface area contributed by atoms with E-state index in [2.05, 4.69) is 18.4 Å². The minimum absolute atomic E-state index is 0.0208. The van der Waals surface area contributed by atoms with Gasteiger partial charge in [-0.1, -0.05) is 71.9 Å². The molecule has 26 N–H and O–H groups in total. The van der Waals surface area contributed by atoms with Gasteiger partial charge in [0.1, 0.15) is 42.3 Å². The standard InChI is InChI=1S/C9H11NO2.2C6H13NO2.C5H11NO2.2C4H9NO3.C3H7NO2S.C2H5NO2/c10-8(9(11)12)6-7-4-2-1-3-5-7;2*1-4(2)3-5(7)6(8)9;1-3(2)4(6)5(7)8;2*1-2(6)3(5)4(7)8;4-2(1-7)3(5)6;3-1-2(4)5/h1-5,8H,6,10H2,(H,11,12);2*4-5H,3,7H2,1-2H3,(H,8,9);3-4H,6H2,1-2H3,(H,7,8);2*2-3,6H,5H2,1H3,(H,7,8);2,7H,1,4H2,(H,5,6);1,3H2,(H,4,5). The van der Waals surface area contributed by atoms with E-state index in [1.165, 1.54) is 13.8 Å². The number of aliphatic hydroxyl groups excluding tert-OH is 2. The van der Waals surface area contributed by atoms with Gasteiger partial charge >= 0.3 is 47.8 Å². The van der Waals surface area contributed by atoms with E-state index in [4.69, 9.17) is 91.2 Å². The van der Waals surface area contributed by atoms with E-state index >= 15 is 0 Å². The third-order valence-corrected chi connectivity index (χ3v) is 7.40. The Hall–Kier alpha value is -5.07. The average molecular weight is 979 g/mol. The molecule has 0 fully saturated rings. The molecule has 0 heterocycles. The Labute approximate surface area is 390 Å². The van der Waals surface area contributed by atoms with Crippen LogP contribution in [0.25, 0.3) is 0 Å². The van der Waals surface area contributed by atoms with Gasteiger partial charge in [-0.15, -0.1) is 0 Å². The Morgan fingerprint density at radius 1 is 0.470 bits per heavy atom. The molecule has 1 rings (SSSR count). The average Bonchev–Trinajstić information content (AvgIpc) is 3.20. The summed E-state index contributed by atoms with van der Waals surface area (Å²) in [5, 5.41) is 82.1. The summed E-state index contributed by atoms with van der Waals surface area (Å²) in [6.45, 7) is 13.7. The predicted octanol–water partition coefficient (Wildman–Crippen LogP) is -2.50. The lowest BCUT2D eigenvalue weighted by Crippen LogP contribution is -2.39. The van der Waals surface area contributed by atoms with E-state index in [1.807, 2.05) is 58.0 Å². The molecule has 0 amide bonds. The third-order valence-electron chi connectivity index (χ3n) is 7.00. The van der Waals surface area contributed by atoms with E-state index in [0.29, 0.717) is 31.1 Å². The summed E-state index contributed by atoms with van der Waals surface area (Å²) >= 11 is 3.65. The number of aliphatic carboxylic acids is 8. The van der Waals surface area contributed by atoms with Gasteiger partial charge in [-0.3, -0.25) is 38.4 Å². The number of thiol groups is 1. The molecule has 0 aromatic heterocycles. The third kappa shape index (κ3) is 56.9. The van der Waals surface area contributed by atoms with Crippen molar-refractivity contribution in [2.75, 3.05) is 12.3 Å². The van der Waals surface area contributed by atoms with Crippen molar-refractivity contribution in [2.24, 2.45) is 63.6 Å². The number of hydrogen-bond donors (Lipinski definition) is 19. The molecule has 0 aliphatic rings. The first-order chi connectivity index (χ1) is 29.9. The minimum Gasteiger partial charge on any atom is -0.480 e. The summed E-state index contributed by atoms with van der Waals surface area (Å²) in [5.74, 6) is -7.12. The Bertz CT molecular complexity index is 1400. The zero-order valence-electron chi connectivity index (χ0n) is 38.7. The molecule has 26 nitrogen and oxygen atoms in total. The molecule has 0 saturated heterocycles. The van der Waals surface area contributed by atoms with Gasteiger partial charge in [0.25, 0.3) is 0 Å². The van der Waals surface area contributed by atoms with Crippen molar-refractivity contribution in [3.05, 3.63) is 35.9 Å². The lowest BCUT2D eigenvalue weighted by molar-refractivity contribution is -0.141. The second kappa shape index (κ2) is 45.1. The Kier molecular flexibility index (Phi) is 51.4. The normalized spacial score (nSPS) is 13.9. The topological polar surface area (TPSA) is 547 Å². The molecule has 27 heteroatoms. The molecule has 388 valence electrons. The van der Waals surface area contributed by atoms with Crippen molar-refractivity contribution in [1.82, 2.24) is 0 Å². The molecule has 1 aromatic rings. The molecule has 0 aliphatic carbocycles. The van der Waals surface area contributed by atoms with E-state index in [1.54, 1.807) is 13.8 Å². The van der Waals surface area contributed by atoms with Crippen LogP contribution < -0.4 is 45.9 Å². The maximum atomic E-state index is 10.4. The van der Waals surface area contributed by atoms with Gasteiger partial charge in [0.15, 0.2) is 0 Å². The highest BCUT2D eigenvalue weighted by molar-refractivity contribution is 7.80. The van der Waals surface area contributed by atoms with Crippen LogP contribution in [0.3, 0.4) is 0 Å². The molecular weight excluding hydrogens is 901 g/mol. The summed E-state index contributed by atoms with van der Waals surface area (Å²) < 4.78 is 0. The molecule has 0 radical (unpaired) electrons. The molecule has 0 bridgehead atoms. The van der Waals surface area contributed by atoms with Crippen molar-refractivity contribution in [1.29, 1.82) is 0 Å². The highest BCUT2D eigenvalue weighted by Crippen LogP contribution is 2.03. The number of aliphatic hydroxyl groups is 2. The van der Waals surface area contributed by atoms with Crippen LogP contribution in [0.2, 0.25) is 0 Å². The summed E-state index contributed by atoms with van der Waals surface area (Å²) in [4.78, 5) is 79.3. The first-order valence-electron chi connectivity index (χ1n) is 19.7. The molecular formula is C39H78N8O18S. The SMILES string of the molecule is CC(C)C(N)C(=O)O.CC(C)CC(N)C(=O)O.CC(C)CC(N)C(=O)O.CC(O)C(N)C(=O)O.CC(O)C(N)C(=O)O.NC(CS)C(=O)O.NC(Cc1ccccc1)C(=O)O.NCC(=O)O. The van der Waals surface area contributed by atoms with Gasteiger partial charge in [0.2, 0.25) is 0 Å². The summed E-state index contributed by atoms with van der Waals surface area (Å²) in [6, 6.07) is 3.32. The van der Waals surface area contributed by atoms with Crippen LogP contribution in [-0.2, 0) is 44.8 Å². The highest BCUT2D eigenvalue weighted by atomic mass is 32.1. The zero-order valence-corrected chi connectivity index (χ0v) is 39.5. The fraction of sp³-hybridized carbons (Fsp3) is 0.641. The zero-order chi connectivity index (χ0) is 54.2. The van der Waals surface area contributed by atoms with Crippen molar-refractivity contribution in [3.63, 3.8) is 0 Å². The molecule has 0 saturated carbocycles. The Balaban J connectivity index is -0.000000122. The van der Waals surface area contributed by atoms with E-state index < -0.39 is 102 Å². The van der Waals surface area contributed by atoms with Gasteiger partial charge in [-0.2, -0.15) is 12.6 Å². The fourth-order valence-electron chi connectivity index (χ4n) is 2.95. The lowest BCUT2D eigenvalue weighted by Gasteiger charge is -2.07. The predicted molar refractivity (Wildman–Crippen MR) is 247 cm³/mol. The van der Waals surface area contributed by atoms with Gasteiger partial charge in [0, 0.05) is 5.75 Å². The second-order valence-electron chi connectivity index (χ2n) is 14.8. The van der Waals surface area contributed by atoms with Crippen molar-refractivity contribution >= 4 is 60.4 Å². The quantitative estimate of drug-likeness (QED) is 0.0676. The van der Waals surface area contributed by atoms with Gasteiger partial charge in [0.05, 0.1) is 18.8 Å². The molecule has 9 atom stereocenters. The summed E-state index contributed by atoms with van der Waals surface area (Å²) in [7, 11) is 0. The van der Waals surface area contributed by atoms with Crippen molar-refractivity contribution in [2.45, 2.75) is 129 Å². The largest absolute Gasteiger partial charge is 0.480 e. The number of carbonyl (C=O) groups is 8. The smallest absolute Gasteiger partial charge is 0.323 e. The van der Waals surface area contributed by atoms with Crippen LogP contribution in [0, 0.1) is 17.8 Å². The fourth-order valence-corrected chi connectivity index (χ4v) is 3.10. The lowest BCUT2D eigenvalue weighted by atomic mass is 10.1. The van der Waals surface area contributed by atoms with E-state index in [-0.39, 0.29) is 18.2 Å². The van der Waals surface area contributed by atoms with Crippen molar-refractivity contribution in [3.8, 4) is 0 Å². The number of nitrogens with two attached hydrogens (primary N) is 8. The van der Waals surface area contributed by atoms with Crippen LogP contribution in [0.1, 0.15) is 73.8 Å². The molecule has 0 spiro atoms. The summed E-state index contributed by atoms with van der Waals surface area (Å²) in [6.07, 6.45) is -0.471. The van der Waals surface area contributed by atoms with Crippen LogP contribution in [0.5, 0.6) is 0 Å². The number of rotatable bonds is 18. The Morgan fingerprint density at radius 2 is 0.742 bits per heavy atom. The molecule has 1 aromatic carbocycles. The number of carboxylic acid groups (broad SMARTS) is 8. The van der Waals surface area contributed by atoms with Gasteiger partial charge < -0.3 is 96.9 Å². The first kappa shape index (κ1) is 75.2. The monoisotopic (exact) mass is 979 g/mol. The highest BCUT2D eigenvalue weighted by Gasteiger charge is 2.18. The minimum atomic E-state index is -1.18. The number of hydrogen-bond acceptors (Lipinski definition) is 19. The molecule has 9 unspecified atom stereocenters. The van der Waals surface area contributed by atoms with E-state index in [9.17, 15) is 38.4 Å². The van der Waals surface area contributed by atoms with Crippen molar-refractivity contribution < 1.29 is 89.4 Å². The maximum absolute atomic E-state index is 10.4. The van der Waals surface area contributed by atoms with Gasteiger partial charge in [-0.05, 0) is 56.4 Å². The van der Waals surface area contributed by atoms with Crippen LogP contribution in [-0.4, -0.2) is 166 Å². The summed E-state index contributed by atoms with van der Waals surface area (Å²) in [5.41, 5.74) is 41.2. The first-order valence-corrected chi connectivity index (χ1v) is 20.3. The molecule has 66 heavy (non-hydrogen) atoms. The van der Waals surface area contributed by atoms with Gasteiger partial charge in [-0.25, -0.2) is 0 Å². The maximum Gasteiger partial charge on any atom is 0.323 e. The van der Waals surface area contributed by atoms with E-state index in [0.717, 1.165) is 5.56 Å². The second-order valence-corrected chi connectivity index (χ2v) is 15.2. The Morgan fingerprint density at radius 3 is 0.848 bits per heavy atom. The number of carboxylic acids is 8. The van der Waals surface area contributed by atoms with Crippen LogP contribution in [0.4, 0.5) is 0 Å². The van der Waals surface area contributed by atoms with Crippen LogP contribution >= 0.6 is 12.6 Å². The van der Waals surface area contributed by atoms with Crippen LogP contribution in [0.15, 0.2) is 30.3 Å². The molecule has 0 aliphatic heterocycles. The number of benzene rings is 1.